The van der Waals surface area contributed by atoms with Gasteiger partial charge in [0.05, 0.1) is 17.1 Å². The number of carbonyl (C=O) groups excluding carboxylic acids is 2. The van der Waals surface area contributed by atoms with E-state index in [1.165, 1.54) is 6.07 Å². The first kappa shape index (κ1) is 33.7. The van der Waals surface area contributed by atoms with Gasteiger partial charge in [0, 0.05) is 47.4 Å². The van der Waals surface area contributed by atoms with E-state index in [9.17, 15) is 42.8 Å². The van der Waals surface area contributed by atoms with Crippen LogP contribution in [0, 0.1) is 20.9 Å². The van der Waals surface area contributed by atoms with Gasteiger partial charge >= 0.3 is 17.8 Å². The fourth-order valence-electron chi connectivity index (χ4n) is 6.81. The van der Waals surface area contributed by atoms with Gasteiger partial charge in [-0.1, -0.05) is 33.8 Å². The number of allylic oxidation sites excluding steroid dienone is 4. The van der Waals surface area contributed by atoms with Crippen LogP contribution in [0.15, 0.2) is 58.9 Å². The fraction of sp³-hybridized carbons (Fsp3) is 0.441. The molecule has 250 valence electrons. The van der Waals surface area contributed by atoms with E-state index in [0.29, 0.717) is 53.1 Å². The molecule has 2 aromatic rings. The van der Waals surface area contributed by atoms with E-state index in [1.54, 1.807) is 24.0 Å². The van der Waals surface area contributed by atoms with Crippen molar-refractivity contribution in [2.24, 2.45) is 10.8 Å². The zero-order valence-corrected chi connectivity index (χ0v) is 26.6. The molecule has 0 unspecified atom stereocenters. The maximum atomic E-state index is 13.9. The van der Waals surface area contributed by atoms with Crippen molar-refractivity contribution >= 4 is 23.2 Å². The van der Waals surface area contributed by atoms with Crippen LogP contribution in [0.2, 0.25) is 0 Å². The predicted octanol–water partition coefficient (Wildman–Crippen LogP) is 7.57. The van der Waals surface area contributed by atoms with Crippen LogP contribution in [0.4, 0.5) is 18.9 Å². The Morgan fingerprint density at radius 3 is 1.98 bits per heavy atom. The Kier molecular flexibility index (Phi) is 8.48. The number of carboxylic acid groups (broad SMARTS) is 1. The summed E-state index contributed by atoms with van der Waals surface area (Å²) in [5.74, 6) is -2.75. The topological polar surface area (TPSA) is 136 Å². The van der Waals surface area contributed by atoms with E-state index in [2.05, 4.69) is 0 Å². The summed E-state index contributed by atoms with van der Waals surface area (Å²) in [5, 5.41) is 21.6. The molecule has 0 fully saturated rings. The van der Waals surface area contributed by atoms with E-state index >= 15 is 0 Å². The maximum absolute atomic E-state index is 13.9. The summed E-state index contributed by atoms with van der Waals surface area (Å²) >= 11 is 0. The summed E-state index contributed by atoms with van der Waals surface area (Å²) in [6, 6.07) is 6.50. The Bertz CT molecular complexity index is 1700. The standard InChI is InChI=1S/C34H35F3N2O8/c1-6-46-27-11-18(7-9-26(27)47-25-10-8-19(34(35,36)37)12-20(25)39(44)45)29-30-21(13-32(2,3)15-23(30)40)38(17-28(42)43)22-14-33(4,5)16-24(41)31(22)29/h7-12,29H,6,13-17H2,1-5H3,(H,42,43). The van der Waals surface area contributed by atoms with Crippen LogP contribution < -0.4 is 9.47 Å². The van der Waals surface area contributed by atoms with Gasteiger partial charge < -0.3 is 19.5 Å². The van der Waals surface area contributed by atoms with Crippen molar-refractivity contribution in [1.29, 1.82) is 0 Å². The molecule has 1 aliphatic heterocycles. The number of carbonyl (C=O) groups is 3. The second-order valence-electron chi connectivity index (χ2n) is 13.7. The van der Waals surface area contributed by atoms with Crippen LogP contribution in [0.5, 0.6) is 17.2 Å². The van der Waals surface area contributed by atoms with Crippen molar-refractivity contribution in [1.82, 2.24) is 4.90 Å². The molecule has 2 aliphatic carbocycles. The molecule has 0 bridgehead atoms. The van der Waals surface area contributed by atoms with Crippen LogP contribution in [-0.2, 0) is 20.6 Å². The molecule has 0 spiro atoms. The number of halogens is 3. The number of nitro groups is 1. The van der Waals surface area contributed by atoms with Gasteiger partial charge in [0.15, 0.2) is 23.1 Å². The highest BCUT2D eigenvalue weighted by Gasteiger charge is 2.49. The minimum atomic E-state index is -4.81. The van der Waals surface area contributed by atoms with E-state index < -0.39 is 57.4 Å². The molecule has 3 aliphatic rings. The molecule has 1 heterocycles. The zero-order valence-electron chi connectivity index (χ0n) is 26.6. The van der Waals surface area contributed by atoms with Gasteiger partial charge in [-0.3, -0.25) is 24.5 Å². The molecule has 0 saturated carbocycles. The molecular formula is C34H35F3N2O8. The van der Waals surface area contributed by atoms with Gasteiger partial charge in [-0.05, 0) is 60.4 Å². The van der Waals surface area contributed by atoms with Crippen molar-refractivity contribution in [2.75, 3.05) is 13.2 Å². The van der Waals surface area contributed by atoms with Gasteiger partial charge in [-0.25, -0.2) is 0 Å². The number of ketones is 2. The highest BCUT2D eigenvalue weighted by atomic mass is 19.4. The third kappa shape index (κ3) is 6.61. The molecule has 13 heteroatoms. The SMILES string of the molecule is CCOc1cc(C2C3=C(CC(C)(C)CC3=O)N(CC(=O)O)C3=C2C(=O)CC(C)(C)C3)ccc1Oc1ccc(C(F)(F)F)cc1[N+](=O)[O-]. The Morgan fingerprint density at radius 1 is 0.936 bits per heavy atom. The zero-order chi connectivity index (χ0) is 34.6. The largest absolute Gasteiger partial charge is 0.490 e. The summed E-state index contributed by atoms with van der Waals surface area (Å²) in [4.78, 5) is 52.3. The summed E-state index contributed by atoms with van der Waals surface area (Å²) in [5.41, 5.74) is -0.754. The normalized spacial score (nSPS) is 19.4. The third-order valence-electron chi connectivity index (χ3n) is 8.62. The number of Topliss-reactive ketones (excluding diaryl/α,β-unsaturated/α-hetero) is 2. The number of rotatable bonds is 8. The number of ether oxygens (including phenoxy) is 2. The lowest BCUT2D eigenvalue weighted by Crippen LogP contribution is -2.45. The van der Waals surface area contributed by atoms with Gasteiger partial charge in [0.25, 0.3) is 0 Å². The van der Waals surface area contributed by atoms with E-state index in [-0.39, 0.29) is 42.5 Å². The predicted molar refractivity (Wildman–Crippen MR) is 163 cm³/mol. The second-order valence-corrected chi connectivity index (χ2v) is 13.7. The number of alkyl halides is 3. The third-order valence-corrected chi connectivity index (χ3v) is 8.62. The van der Waals surface area contributed by atoms with Crippen molar-refractivity contribution in [3.8, 4) is 17.2 Å². The van der Waals surface area contributed by atoms with Crippen LogP contribution >= 0.6 is 0 Å². The average Bonchev–Trinajstić information content (AvgIpc) is 2.93. The first-order valence-electron chi connectivity index (χ1n) is 15.1. The van der Waals surface area contributed by atoms with Crippen molar-refractivity contribution in [2.45, 2.75) is 72.4 Å². The first-order chi connectivity index (χ1) is 21.8. The average molecular weight is 657 g/mol. The van der Waals surface area contributed by atoms with Crippen LogP contribution in [0.1, 0.15) is 77.3 Å². The minimum absolute atomic E-state index is 0.0302. The Labute approximate surface area is 269 Å². The lowest BCUT2D eigenvalue weighted by atomic mass is 9.63. The number of nitrogens with zero attached hydrogens (tertiary/aromatic N) is 2. The number of benzene rings is 2. The van der Waals surface area contributed by atoms with Gasteiger partial charge in [-0.2, -0.15) is 13.2 Å². The van der Waals surface area contributed by atoms with Crippen molar-refractivity contribution in [3.05, 3.63) is 80.2 Å². The number of aliphatic carboxylic acids is 1. The number of hydrogen-bond acceptors (Lipinski definition) is 8. The van der Waals surface area contributed by atoms with E-state index in [4.69, 9.17) is 9.47 Å². The summed E-state index contributed by atoms with van der Waals surface area (Å²) < 4.78 is 51.4. The van der Waals surface area contributed by atoms with Gasteiger partial charge in [0.1, 0.15) is 6.54 Å². The summed E-state index contributed by atoms with van der Waals surface area (Å²) in [6.07, 6.45) is -3.63. The van der Waals surface area contributed by atoms with Gasteiger partial charge in [-0.15, -0.1) is 0 Å². The fourth-order valence-corrected chi connectivity index (χ4v) is 6.81. The van der Waals surface area contributed by atoms with Gasteiger partial charge in [0.2, 0.25) is 5.75 Å². The molecule has 0 amide bonds. The lowest BCUT2D eigenvalue weighted by Gasteiger charge is -2.48. The molecule has 0 saturated heterocycles. The highest BCUT2D eigenvalue weighted by molar-refractivity contribution is 6.07. The molecular weight excluding hydrogens is 621 g/mol. The number of carboxylic acids is 1. The Balaban J connectivity index is 1.68. The number of nitro benzene ring substituents is 1. The smallest absolute Gasteiger partial charge is 0.416 e. The van der Waals surface area contributed by atoms with Crippen molar-refractivity contribution < 1.29 is 47.1 Å². The lowest BCUT2D eigenvalue weighted by molar-refractivity contribution is -0.385. The van der Waals surface area contributed by atoms with Crippen LogP contribution in [-0.4, -0.2) is 45.6 Å². The van der Waals surface area contributed by atoms with E-state index in [0.717, 1.165) is 6.07 Å². The molecule has 5 rings (SSSR count). The summed E-state index contributed by atoms with van der Waals surface area (Å²) in [6.45, 7) is 9.12. The quantitative estimate of drug-likeness (QED) is 0.225. The molecule has 10 nitrogen and oxygen atoms in total. The second kappa shape index (κ2) is 11.8. The highest BCUT2D eigenvalue weighted by Crippen LogP contribution is 2.55. The molecule has 0 atom stereocenters. The van der Waals surface area contributed by atoms with Crippen molar-refractivity contribution in [3.63, 3.8) is 0 Å². The first-order valence-corrected chi connectivity index (χ1v) is 15.1. The maximum Gasteiger partial charge on any atom is 0.416 e. The molecule has 0 aromatic heterocycles. The molecule has 1 N–H and O–H groups in total. The minimum Gasteiger partial charge on any atom is -0.490 e. The number of hydrogen-bond donors (Lipinski definition) is 1. The molecule has 0 radical (unpaired) electrons. The van der Waals surface area contributed by atoms with E-state index in [1.807, 2.05) is 27.7 Å². The Morgan fingerprint density at radius 2 is 1.49 bits per heavy atom. The Hall–Kier alpha value is -4.68. The monoisotopic (exact) mass is 656 g/mol. The van der Waals surface area contributed by atoms with Crippen LogP contribution in [0.25, 0.3) is 0 Å². The molecule has 47 heavy (non-hydrogen) atoms. The van der Waals surface area contributed by atoms with Crippen LogP contribution in [0.3, 0.4) is 0 Å². The molecule has 2 aromatic carbocycles. The summed E-state index contributed by atoms with van der Waals surface area (Å²) in [7, 11) is 0.